The first-order valence-corrected chi connectivity index (χ1v) is 8.34. The molecule has 1 aromatic carbocycles. The van der Waals surface area contributed by atoms with Gasteiger partial charge in [0.15, 0.2) is 0 Å². The summed E-state index contributed by atoms with van der Waals surface area (Å²) in [6.45, 7) is 6.24. The lowest BCUT2D eigenvalue weighted by Gasteiger charge is -2.10. The van der Waals surface area contributed by atoms with Gasteiger partial charge < -0.3 is 9.72 Å². The van der Waals surface area contributed by atoms with Crippen LogP contribution in [0.25, 0.3) is 16.9 Å². The van der Waals surface area contributed by atoms with Gasteiger partial charge in [0.1, 0.15) is 5.65 Å². The molecule has 0 aliphatic carbocycles. The Kier molecular flexibility index (Phi) is 4.58. The molecule has 2 heterocycles. The van der Waals surface area contributed by atoms with Crippen LogP contribution in [0.1, 0.15) is 25.1 Å². The molecule has 0 aliphatic heterocycles. The highest BCUT2D eigenvalue weighted by Gasteiger charge is 2.16. The van der Waals surface area contributed by atoms with Crippen LogP contribution in [-0.4, -0.2) is 15.3 Å². The van der Waals surface area contributed by atoms with Gasteiger partial charge in [-0.25, -0.2) is 4.98 Å². The summed E-state index contributed by atoms with van der Waals surface area (Å²) >= 11 is 5.99. The van der Waals surface area contributed by atoms with Crippen molar-refractivity contribution in [3.05, 3.63) is 58.9 Å². The highest BCUT2D eigenvalue weighted by atomic mass is 35.5. The third-order valence-corrected chi connectivity index (χ3v) is 4.19. The first kappa shape index (κ1) is 16.5. The van der Waals surface area contributed by atoms with Gasteiger partial charge in [0.25, 0.3) is 0 Å². The molecule has 4 nitrogen and oxygen atoms in total. The molecule has 0 aliphatic rings. The van der Waals surface area contributed by atoms with Gasteiger partial charge in [-0.2, -0.15) is 0 Å². The summed E-state index contributed by atoms with van der Waals surface area (Å²) in [5.74, 6) is -0.0236. The number of fused-ring (bicyclic) bond motifs is 1. The number of carbonyl (C=O) groups excluding carboxylic acids is 1. The molecule has 0 fully saturated rings. The fraction of sp³-hybridized carbons (Fsp3) is 0.263. The maximum Gasteiger partial charge on any atom is 0.222 e. The number of nitrogens with one attached hydrogen (secondary N) is 1. The molecule has 0 saturated carbocycles. The molecular formula is C19H20ClN3O. The number of aryl methyl sites for hydroxylation is 1. The van der Waals surface area contributed by atoms with Gasteiger partial charge in [-0.05, 0) is 30.7 Å². The van der Waals surface area contributed by atoms with Crippen molar-refractivity contribution in [1.82, 2.24) is 14.7 Å². The van der Waals surface area contributed by atoms with Crippen molar-refractivity contribution < 1.29 is 4.79 Å². The molecule has 3 aromatic rings. The molecule has 0 unspecified atom stereocenters. The number of nitrogens with zero attached hydrogens (tertiary/aromatic N) is 2. The lowest BCUT2D eigenvalue weighted by atomic mass is 10.1. The second kappa shape index (κ2) is 6.65. The summed E-state index contributed by atoms with van der Waals surface area (Å²) in [6, 6.07) is 11.6. The van der Waals surface area contributed by atoms with Crippen LogP contribution in [0.3, 0.4) is 0 Å². The highest BCUT2D eigenvalue weighted by molar-refractivity contribution is 6.30. The fourth-order valence-corrected chi connectivity index (χ4v) is 2.71. The van der Waals surface area contributed by atoms with E-state index >= 15 is 0 Å². The Morgan fingerprint density at radius 3 is 2.58 bits per heavy atom. The van der Waals surface area contributed by atoms with Crippen LogP contribution in [-0.2, 0) is 11.3 Å². The molecule has 1 amide bonds. The Morgan fingerprint density at radius 2 is 1.92 bits per heavy atom. The fourth-order valence-electron chi connectivity index (χ4n) is 2.58. The number of hydrogen-bond donors (Lipinski definition) is 1. The van der Waals surface area contributed by atoms with Crippen molar-refractivity contribution in [2.45, 2.75) is 27.3 Å². The van der Waals surface area contributed by atoms with Crippen molar-refractivity contribution >= 4 is 23.2 Å². The molecule has 1 N–H and O–H groups in total. The Hall–Kier alpha value is -2.33. The topological polar surface area (TPSA) is 46.4 Å². The van der Waals surface area contributed by atoms with E-state index in [1.807, 2.05) is 67.8 Å². The van der Waals surface area contributed by atoms with E-state index < -0.39 is 0 Å². The van der Waals surface area contributed by atoms with E-state index in [0.29, 0.717) is 11.6 Å². The monoisotopic (exact) mass is 341 g/mol. The van der Waals surface area contributed by atoms with Gasteiger partial charge in [0, 0.05) is 22.7 Å². The van der Waals surface area contributed by atoms with Gasteiger partial charge in [-0.3, -0.25) is 4.79 Å². The van der Waals surface area contributed by atoms with Crippen LogP contribution in [0.4, 0.5) is 0 Å². The lowest BCUT2D eigenvalue weighted by Crippen LogP contribution is -2.27. The largest absolute Gasteiger partial charge is 0.350 e. The molecule has 3 rings (SSSR count). The third kappa shape index (κ3) is 3.29. The zero-order chi connectivity index (χ0) is 17.3. The van der Waals surface area contributed by atoms with Crippen molar-refractivity contribution in [3.8, 4) is 11.3 Å². The molecule has 5 heteroatoms. The van der Waals surface area contributed by atoms with Gasteiger partial charge in [-0.1, -0.05) is 43.6 Å². The summed E-state index contributed by atoms with van der Waals surface area (Å²) < 4.78 is 2.04. The number of amides is 1. The predicted molar refractivity (Wildman–Crippen MR) is 97.1 cm³/mol. The number of halogens is 1. The summed E-state index contributed by atoms with van der Waals surface area (Å²) in [7, 11) is 0. The van der Waals surface area contributed by atoms with Crippen molar-refractivity contribution in [2.75, 3.05) is 0 Å². The normalized spacial score (nSPS) is 11.2. The highest BCUT2D eigenvalue weighted by Crippen LogP contribution is 2.26. The minimum Gasteiger partial charge on any atom is -0.350 e. The van der Waals surface area contributed by atoms with Crippen molar-refractivity contribution in [3.63, 3.8) is 0 Å². The molecule has 2 aromatic heterocycles. The van der Waals surface area contributed by atoms with Crippen LogP contribution in [0.2, 0.25) is 5.02 Å². The smallest absolute Gasteiger partial charge is 0.222 e. The van der Waals surface area contributed by atoms with E-state index in [4.69, 9.17) is 16.6 Å². The maximum absolute atomic E-state index is 12.0. The van der Waals surface area contributed by atoms with Gasteiger partial charge in [0.05, 0.1) is 17.9 Å². The SMILES string of the molecule is Cc1ccc2nc(-c3ccc(Cl)cc3)c(CNC(=O)C(C)C)n2c1. The van der Waals surface area contributed by atoms with Crippen molar-refractivity contribution in [1.29, 1.82) is 0 Å². The summed E-state index contributed by atoms with van der Waals surface area (Å²) in [5, 5.41) is 3.68. The molecule has 0 bridgehead atoms. The average Bonchev–Trinajstić information content (AvgIpc) is 2.91. The number of rotatable bonds is 4. The lowest BCUT2D eigenvalue weighted by molar-refractivity contribution is -0.124. The van der Waals surface area contributed by atoms with E-state index in [1.54, 1.807) is 0 Å². The molecule has 0 atom stereocenters. The quantitative estimate of drug-likeness (QED) is 0.771. The molecule has 0 radical (unpaired) electrons. The maximum atomic E-state index is 12.0. The van der Waals surface area contributed by atoms with Crippen LogP contribution in [0.15, 0.2) is 42.6 Å². The Balaban J connectivity index is 2.08. The summed E-state index contributed by atoms with van der Waals surface area (Å²) in [4.78, 5) is 16.7. The van der Waals surface area contributed by atoms with Gasteiger partial charge in [-0.15, -0.1) is 0 Å². The van der Waals surface area contributed by atoms with Gasteiger partial charge in [0.2, 0.25) is 5.91 Å². The molecule has 124 valence electrons. The zero-order valence-electron chi connectivity index (χ0n) is 14.0. The number of benzene rings is 1. The van der Waals surface area contributed by atoms with Gasteiger partial charge >= 0.3 is 0 Å². The van der Waals surface area contributed by atoms with Crippen LogP contribution in [0.5, 0.6) is 0 Å². The number of carbonyl (C=O) groups is 1. The zero-order valence-corrected chi connectivity index (χ0v) is 14.8. The van der Waals surface area contributed by atoms with Crippen LogP contribution in [0, 0.1) is 12.8 Å². The summed E-state index contributed by atoms with van der Waals surface area (Å²) in [6.07, 6.45) is 2.04. The van der Waals surface area contributed by atoms with E-state index in [9.17, 15) is 4.79 Å². The summed E-state index contributed by atoms with van der Waals surface area (Å²) in [5.41, 5.74) is 4.80. The number of hydrogen-bond acceptors (Lipinski definition) is 2. The average molecular weight is 342 g/mol. The molecule has 0 saturated heterocycles. The van der Waals surface area contributed by atoms with Crippen LogP contribution < -0.4 is 5.32 Å². The van der Waals surface area contributed by atoms with E-state index in [-0.39, 0.29) is 11.8 Å². The third-order valence-electron chi connectivity index (χ3n) is 3.94. The molecule has 0 spiro atoms. The van der Waals surface area contributed by atoms with Crippen molar-refractivity contribution in [2.24, 2.45) is 5.92 Å². The van der Waals surface area contributed by atoms with Crippen LogP contribution >= 0.6 is 11.6 Å². The second-order valence-corrected chi connectivity index (χ2v) is 6.66. The molecular weight excluding hydrogens is 322 g/mol. The second-order valence-electron chi connectivity index (χ2n) is 6.22. The minimum absolute atomic E-state index is 0.0275. The standard InChI is InChI=1S/C19H20ClN3O/c1-12(2)19(24)21-10-16-18(14-5-7-15(20)8-6-14)22-17-9-4-13(3)11-23(16)17/h4-9,11-12H,10H2,1-3H3,(H,21,24). The van der Waals surface area contributed by atoms with E-state index in [0.717, 1.165) is 28.2 Å². The first-order valence-electron chi connectivity index (χ1n) is 7.97. The Labute approximate surface area is 146 Å². The molecule has 24 heavy (non-hydrogen) atoms. The number of imidazole rings is 1. The first-order chi connectivity index (χ1) is 11.5. The Bertz CT molecular complexity index is 882. The number of pyridine rings is 1. The van der Waals surface area contributed by atoms with E-state index in [2.05, 4.69) is 5.32 Å². The Morgan fingerprint density at radius 1 is 1.21 bits per heavy atom. The predicted octanol–water partition coefficient (Wildman–Crippen LogP) is 4.24. The van der Waals surface area contributed by atoms with E-state index in [1.165, 1.54) is 0 Å². The number of aromatic nitrogens is 2. The minimum atomic E-state index is -0.0510.